The highest BCUT2D eigenvalue weighted by molar-refractivity contribution is 5.96. The lowest BCUT2D eigenvalue weighted by Crippen LogP contribution is -2.34. The lowest BCUT2D eigenvalue weighted by Gasteiger charge is -2.15. The molecule has 5 rings (SSSR count). The second-order valence-corrected chi connectivity index (χ2v) is 7.25. The Labute approximate surface area is 169 Å². The number of nitrogens with one attached hydrogen (secondary N) is 1. The largest absolute Gasteiger partial charge is 0.339 e. The molecule has 0 radical (unpaired) electrons. The van der Waals surface area contributed by atoms with E-state index in [2.05, 4.69) is 15.1 Å². The maximum atomic E-state index is 12.4. The van der Waals surface area contributed by atoms with Gasteiger partial charge in [-0.25, -0.2) is 0 Å². The number of amides is 1. The highest BCUT2D eigenvalue weighted by Crippen LogP contribution is 2.32. The van der Waals surface area contributed by atoms with Gasteiger partial charge >= 0.3 is 11.1 Å². The molecule has 1 aliphatic heterocycles. The van der Waals surface area contributed by atoms with Crippen LogP contribution in [-0.2, 0) is 11.8 Å². The van der Waals surface area contributed by atoms with Crippen LogP contribution in [0.5, 0.6) is 0 Å². The maximum absolute atomic E-state index is 12.4. The van der Waals surface area contributed by atoms with E-state index in [1.54, 1.807) is 30.1 Å². The maximum Gasteiger partial charge on any atom is 0.316 e. The Morgan fingerprint density at radius 3 is 2.70 bits per heavy atom. The van der Waals surface area contributed by atoms with Crippen LogP contribution < -0.4 is 16.0 Å². The van der Waals surface area contributed by atoms with Crippen molar-refractivity contribution in [2.75, 3.05) is 11.4 Å². The Morgan fingerprint density at radius 1 is 1.10 bits per heavy atom. The van der Waals surface area contributed by atoms with E-state index in [0.29, 0.717) is 41.3 Å². The lowest BCUT2D eigenvalue weighted by atomic mass is 10.1. The summed E-state index contributed by atoms with van der Waals surface area (Å²) in [5, 5.41) is 4.05. The quantitative estimate of drug-likeness (QED) is 0.522. The summed E-state index contributed by atoms with van der Waals surface area (Å²) < 4.78 is 6.74. The number of carbonyl (C=O) groups is 1. The Morgan fingerprint density at radius 2 is 1.90 bits per heavy atom. The van der Waals surface area contributed by atoms with Crippen molar-refractivity contribution in [3.63, 3.8) is 0 Å². The highest BCUT2D eigenvalue weighted by atomic mass is 16.5. The van der Waals surface area contributed by atoms with Gasteiger partial charge < -0.3 is 19.0 Å². The van der Waals surface area contributed by atoms with Crippen molar-refractivity contribution in [1.82, 2.24) is 19.7 Å². The number of H-pyrrole nitrogens is 1. The third-order valence-corrected chi connectivity index (χ3v) is 5.35. The molecular formula is C21H17N5O4. The van der Waals surface area contributed by atoms with E-state index in [1.807, 2.05) is 30.3 Å². The van der Waals surface area contributed by atoms with Crippen molar-refractivity contribution in [1.29, 1.82) is 0 Å². The summed E-state index contributed by atoms with van der Waals surface area (Å²) in [6.45, 7) is 0.470. The minimum absolute atomic E-state index is 0.00940. The van der Waals surface area contributed by atoms with Gasteiger partial charge in [0, 0.05) is 31.3 Å². The number of aryl methyl sites for hydroxylation is 1. The smallest absolute Gasteiger partial charge is 0.316 e. The molecule has 0 bridgehead atoms. The fourth-order valence-electron chi connectivity index (χ4n) is 3.75. The van der Waals surface area contributed by atoms with Gasteiger partial charge in [-0.1, -0.05) is 23.4 Å². The molecule has 0 saturated carbocycles. The molecule has 1 saturated heterocycles. The van der Waals surface area contributed by atoms with E-state index >= 15 is 0 Å². The number of nitrogens with zero attached hydrogens (tertiary/aromatic N) is 4. The van der Waals surface area contributed by atoms with Gasteiger partial charge in [0.2, 0.25) is 17.6 Å². The van der Waals surface area contributed by atoms with E-state index in [-0.39, 0.29) is 11.8 Å². The first-order valence-corrected chi connectivity index (χ1v) is 9.44. The zero-order valence-corrected chi connectivity index (χ0v) is 16.0. The van der Waals surface area contributed by atoms with Crippen LogP contribution in [0.25, 0.3) is 22.4 Å². The summed E-state index contributed by atoms with van der Waals surface area (Å²) in [4.78, 5) is 44.8. The minimum atomic E-state index is -0.693. The van der Waals surface area contributed by atoms with Gasteiger partial charge in [-0.2, -0.15) is 4.98 Å². The monoisotopic (exact) mass is 403 g/mol. The molecule has 9 heteroatoms. The summed E-state index contributed by atoms with van der Waals surface area (Å²) in [7, 11) is 1.54. The standard InChI is InChI=1S/C21H17N5O4/c1-25-16-8-7-12(9-15(16)22-19(28)21(25)29)18-23-20(30-24-18)13-10-17(27)26(11-13)14-5-3-2-4-6-14/h2-9,13H,10-11H2,1H3,(H,22,28)/t13-/m0/s1. The number of rotatable bonds is 3. The summed E-state index contributed by atoms with van der Waals surface area (Å²) in [6.07, 6.45) is 0.295. The van der Waals surface area contributed by atoms with Crippen LogP contribution in [0, 0.1) is 0 Å². The number of hydrogen-bond donors (Lipinski definition) is 1. The zero-order chi connectivity index (χ0) is 20.8. The van der Waals surface area contributed by atoms with Gasteiger partial charge in [-0.15, -0.1) is 0 Å². The highest BCUT2D eigenvalue weighted by Gasteiger charge is 2.35. The molecule has 9 nitrogen and oxygen atoms in total. The molecule has 4 aromatic rings. The van der Waals surface area contributed by atoms with Crippen molar-refractivity contribution >= 4 is 22.6 Å². The predicted molar refractivity (Wildman–Crippen MR) is 109 cm³/mol. The molecule has 2 aromatic carbocycles. The topological polar surface area (TPSA) is 114 Å². The fraction of sp³-hybridized carbons (Fsp3) is 0.190. The average molecular weight is 403 g/mol. The van der Waals surface area contributed by atoms with E-state index in [0.717, 1.165) is 5.69 Å². The summed E-state index contributed by atoms with van der Waals surface area (Å²) in [5.41, 5.74) is 1.25. The van der Waals surface area contributed by atoms with Gasteiger partial charge in [0.05, 0.1) is 17.0 Å². The number of hydrogen-bond acceptors (Lipinski definition) is 6. The molecule has 0 aliphatic carbocycles. The van der Waals surface area contributed by atoms with E-state index < -0.39 is 11.1 Å². The van der Waals surface area contributed by atoms with Crippen molar-refractivity contribution in [3.8, 4) is 11.4 Å². The second-order valence-electron chi connectivity index (χ2n) is 7.25. The number of fused-ring (bicyclic) bond motifs is 1. The van der Waals surface area contributed by atoms with Crippen LogP contribution >= 0.6 is 0 Å². The molecule has 3 heterocycles. The molecule has 1 fully saturated rings. The molecule has 1 N–H and O–H groups in total. The van der Waals surface area contributed by atoms with E-state index in [4.69, 9.17) is 4.52 Å². The Bertz CT molecular complexity index is 1390. The van der Waals surface area contributed by atoms with Gasteiger partial charge in [0.15, 0.2) is 0 Å². The van der Waals surface area contributed by atoms with Crippen LogP contribution in [0.4, 0.5) is 5.69 Å². The van der Waals surface area contributed by atoms with Crippen molar-refractivity contribution in [2.24, 2.45) is 7.05 Å². The lowest BCUT2D eigenvalue weighted by molar-refractivity contribution is -0.117. The van der Waals surface area contributed by atoms with Crippen LogP contribution in [0.3, 0.4) is 0 Å². The normalized spacial score (nSPS) is 16.5. The minimum Gasteiger partial charge on any atom is -0.339 e. The van der Waals surface area contributed by atoms with E-state index in [1.165, 1.54) is 4.57 Å². The SMILES string of the molecule is Cn1c(=O)c(=O)[nH]c2cc(-c3noc([C@H]4CC(=O)N(c5ccccc5)C4)n3)ccc21. The summed E-state index contributed by atoms with van der Waals surface area (Å²) in [6, 6.07) is 14.6. The first-order valence-electron chi connectivity index (χ1n) is 9.44. The number of anilines is 1. The zero-order valence-electron chi connectivity index (χ0n) is 16.0. The Hall–Kier alpha value is -4.01. The molecule has 1 atom stereocenters. The van der Waals surface area contributed by atoms with Crippen LogP contribution in [0.15, 0.2) is 62.6 Å². The average Bonchev–Trinajstić information content (AvgIpc) is 3.39. The summed E-state index contributed by atoms with van der Waals surface area (Å²) in [5.74, 6) is 0.563. The van der Waals surface area contributed by atoms with Crippen LogP contribution in [0.2, 0.25) is 0 Å². The molecular weight excluding hydrogens is 386 g/mol. The van der Waals surface area contributed by atoms with Crippen molar-refractivity contribution in [3.05, 3.63) is 75.1 Å². The number of benzene rings is 2. The third-order valence-electron chi connectivity index (χ3n) is 5.35. The van der Waals surface area contributed by atoms with Crippen molar-refractivity contribution in [2.45, 2.75) is 12.3 Å². The number of carbonyl (C=O) groups excluding carboxylic acids is 1. The first-order chi connectivity index (χ1) is 14.5. The molecule has 1 aliphatic rings. The van der Waals surface area contributed by atoms with Gasteiger partial charge in [0.25, 0.3) is 0 Å². The molecule has 150 valence electrons. The molecule has 2 aromatic heterocycles. The first kappa shape index (κ1) is 18.0. The fourth-order valence-corrected chi connectivity index (χ4v) is 3.75. The van der Waals surface area contributed by atoms with Crippen LogP contribution in [0.1, 0.15) is 18.2 Å². The summed E-state index contributed by atoms with van der Waals surface area (Å²) >= 11 is 0. The van der Waals surface area contributed by atoms with Crippen molar-refractivity contribution < 1.29 is 9.32 Å². The van der Waals surface area contributed by atoms with Gasteiger partial charge in [-0.3, -0.25) is 14.4 Å². The van der Waals surface area contributed by atoms with Gasteiger partial charge in [-0.05, 0) is 30.3 Å². The third kappa shape index (κ3) is 2.91. The molecule has 1 amide bonds. The molecule has 0 unspecified atom stereocenters. The second kappa shape index (κ2) is 6.80. The molecule has 30 heavy (non-hydrogen) atoms. The van der Waals surface area contributed by atoms with E-state index in [9.17, 15) is 14.4 Å². The number of para-hydroxylation sites is 1. The number of aromatic nitrogens is 4. The Kier molecular flexibility index (Phi) is 4.09. The predicted octanol–water partition coefficient (Wildman–Crippen LogP) is 1.80. The number of aromatic amines is 1. The molecule has 0 spiro atoms. The van der Waals surface area contributed by atoms with Gasteiger partial charge in [0.1, 0.15) is 0 Å². The Balaban J connectivity index is 1.45. The van der Waals surface area contributed by atoms with Crippen LogP contribution in [-0.4, -0.2) is 32.1 Å².